The molecule has 0 unspecified atom stereocenters. The predicted molar refractivity (Wildman–Crippen MR) is 76.9 cm³/mol. The quantitative estimate of drug-likeness (QED) is 0.837. The first-order chi connectivity index (χ1) is 8.89. The summed E-state index contributed by atoms with van der Waals surface area (Å²) in [6.07, 6.45) is 0.561. The summed E-state index contributed by atoms with van der Waals surface area (Å²) < 4.78 is 25.9. The van der Waals surface area contributed by atoms with E-state index >= 15 is 0 Å². The van der Waals surface area contributed by atoms with Gasteiger partial charge in [0.05, 0.1) is 11.4 Å². The fraction of sp³-hybridized carbons (Fsp3) is 0.462. The van der Waals surface area contributed by atoms with Crippen molar-refractivity contribution < 1.29 is 13.2 Å². The molecule has 19 heavy (non-hydrogen) atoms. The molecule has 0 bridgehead atoms. The molecule has 106 valence electrons. The van der Waals surface area contributed by atoms with E-state index in [-0.39, 0.29) is 11.7 Å². The van der Waals surface area contributed by atoms with Gasteiger partial charge in [0.25, 0.3) is 5.91 Å². The zero-order valence-electron chi connectivity index (χ0n) is 11.5. The van der Waals surface area contributed by atoms with Crippen molar-refractivity contribution in [2.75, 3.05) is 17.0 Å². The van der Waals surface area contributed by atoms with E-state index in [1.165, 1.54) is 0 Å². The second-order valence-corrected chi connectivity index (χ2v) is 6.15. The van der Waals surface area contributed by atoms with E-state index in [0.29, 0.717) is 24.2 Å². The molecular weight excluding hydrogens is 264 g/mol. The van der Waals surface area contributed by atoms with Gasteiger partial charge in [-0.3, -0.25) is 9.52 Å². The molecule has 0 aliphatic heterocycles. The molecule has 1 amide bonds. The number of aryl methyl sites for hydroxylation is 1. The molecular formula is C13H20N2O3S. The molecule has 1 rings (SSSR count). The Kier molecular flexibility index (Phi) is 5.35. The maximum Gasteiger partial charge on any atom is 0.251 e. The minimum atomic E-state index is -3.30. The van der Waals surface area contributed by atoms with Gasteiger partial charge in [-0.05, 0) is 44.0 Å². The molecule has 6 heteroatoms. The van der Waals surface area contributed by atoms with Gasteiger partial charge < -0.3 is 5.32 Å². The fourth-order valence-corrected chi connectivity index (χ4v) is 2.87. The van der Waals surface area contributed by atoms with E-state index in [2.05, 4.69) is 10.0 Å². The topological polar surface area (TPSA) is 75.3 Å². The molecule has 0 aliphatic rings. The minimum absolute atomic E-state index is 0.0878. The maximum atomic E-state index is 11.7. The van der Waals surface area contributed by atoms with Gasteiger partial charge in [0.2, 0.25) is 10.0 Å². The van der Waals surface area contributed by atoms with Crippen molar-refractivity contribution in [2.45, 2.75) is 27.2 Å². The molecule has 1 aromatic carbocycles. The molecule has 0 atom stereocenters. The van der Waals surface area contributed by atoms with Gasteiger partial charge in [0.1, 0.15) is 0 Å². The number of anilines is 1. The summed E-state index contributed by atoms with van der Waals surface area (Å²) in [5.41, 5.74) is 1.77. The largest absolute Gasteiger partial charge is 0.352 e. The number of sulfonamides is 1. The van der Waals surface area contributed by atoms with Crippen LogP contribution in [0.3, 0.4) is 0 Å². The average Bonchev–Trinajstić information content (AvgIpc) is 2.31. The summed E-state index contributed by atoms with van der Waals surface area (Å²) in [7, 11) is -3.30. The van der Waals surface area contributed by atoms with Gasteiger partial charge in [-0.1, -0.05) is 6.92 Å². The van der Waals surface area contributed by atoms with Crippen LogP contribution in [-0.2, 0) is 10.0 Å². The second kappa shape index (κ2) is 6.56. The molecule has 0 saturated heterocycles. The number of carbonyl (C=O) groups is 1. The minimum Gasteiger partial charge on any atom is -0.352 e. The molecule has 0 aliphatic carbocycles. The van der Waals surface area contributed by atoms with Crippen LogP contribution in [0.25, 0.3) is 0 Å². The summed E-state index contributed by atoms with van der Waals surface area (Å²) >= 11 is 0. The van der Waals surface area contributed by atoms with E-state index in [1.807, 2.05) is 13.8 Å². The summed E-state index contributed by atoms with van der Waals surface area (Å²) in [6.45, 7) is 5.98. The zero-order valence-corrected chi connectivity index (χ0v) is 12.3. The Balaban J connectivity index is 2.92. The molecule has 0 fully saturated rings. The summed E-state index contributed by atoms with van der Waals surface area (Å²) in [5.74, 6) is -0.0709. The number of nitrogens with one attached hydrogen (secondary N) is 2. The lowest BCUT2D eigenvalue weighted by atomic mass is 10.1. The van der Waals surface area contributed by atoms with Crippen LogP contribution < -0.4 is 10.0 Å². The molecule has 0 aromatic heterocycles. The van der Waals surface area contributed by atoms with E-state index in [9.17, 15) is 13.2 Å². The molecule has 0 heterocycles. The number of rotatable bonds is 6. The Morgan fingerprint density at radius 3 is 2.47 bits per heavy atom. The van der Waals surface area contributed by atoms with Crippen molar-refractivity contribution in [3.05, 3.63) is 29.3 Å². The van der Waals surface area contributed by atoms with Crippen molar-refractivity contribution in [1.82, 2.24) is 5.32 Å². The number of benzene rings is 1. The van der Waals surface area contributed by atoms with Crippen LogP contribution in [0.2, 0.25) is 0 Å². The third-order valence-electron chi connectivity index (χ3n) is 2.56. The van der Waals surface area contributed by atoms with Gasteiger partial charge in [0.15, 0.2) is 0 Å². The Bertz CT molecular complexity index is 553. The van der Waals surface area contributed by atoms with Crippen LogP contribution >= 0.6 is 0 Å². The molecule has 0 spiro atoms. The van der Waals surface area contributed by atoms with Crippen LogP contribution in [-0.4, -0.2) is 26.6 Å². The number of amides is 1. The SMILES string of the molecule is CCCS(=O)(=O)Nc1ccc(C(=O)NCC)cc1C. The highest BCUT2D eigenvalue weighted by molar-refractivity contribution is 7.92. The van der Waals surface area contributed by atoms with Crippen LogP contribution in [0.15, 0.2) is 18.2 Å². The standard InChI is InChI=1S/C13H20N2O3S/c1-4-8-19(17,18)15-12-7-6-11(9-10(12)3)13(16)14-5-2/h6-7,9,15H,4-5,8H2,1-3H3,(H,14,16). The first-order valence-corrected chi connectivity index (χ1v) is 7.94. The number of hydrogen-bond donors (Lipinski definition) is 2. The lowest BCUT2D eigenvalue weighted by Crippen LogP contribution is -2.23. The fourth-order valence-electron chi connectivity index (χ4n) is 1.67. The van der Waals surface area contributed by atoms with Crippen LogP contribution in [0.5, 0.6) is 0 Å². The summed E-state index contributed by atoms with van der Waals surface area (Å²) in [6, 6.07) is 4.91. The number of hydrogen-bond acceptors (Lipinski definition) is 3. The smallest absolute Gasteiger partial charge is 0.251 e. The third-order valence-corrected chi connectivity index (χ3v) is 4.04. The van der Waals surface area contributed by atoms with Crippen molar-refractivity contribution in [3.63, 3.8) is 0 Å². The Morgan fingerprint density at radius 1 is 1.26 bits per heavy atom. The van der Waals surface area contributed by atoms with Crippen molar-refractivity contribution in [3.8, 4) is 0 Å². The highest BCUT2D eigenvalue weighted by atomic mass is 32.2. The zero-order chi connectivity index (χ0) is 14.5. The van der Waals surface area contributed by atoms with Gasteiger partial charge in [-0.15, -0.1) is 0 Å². The first kappa shape index (κ1) is 15.5. The maximum absolute atomic E-state index is 11.7. The van der Waals surface area contributed by atoms with Crippen LogP contribution in [0.4, 0.5) is 5.69 Å². The number of carbonyl (C=O) groups excluding carboxylic acids is 1. The first-order valence-electron chi connectivity index (χ1n) is 6.29. The van der Waals surface area contributed by atoms with Gasteiger partial charge >= 0.3 is 0 Å². The van der Waals surface area contributed by atoms with E-state index in [4.69, 9.17) is 0 Å². The summed E-state index contributed by atoms with van der Waals surface area (Å²) in [4.78, 5) is 11.6. The average molecular weight is 284 g/mol. The van der Waals surface area contributed by atoms with Gasteiger partial charge in [-0.25, -0.2) is 8.42 Å². The molecule has 1 aromatic rings. The Morgan fingerprint density at radius 2 is 1.95 bits per heavy atom. The summed E-state index contributed by atoms with van der Waals surface area (Å²) in [5, 5.41) is 2.70. The third kappa shape index (κ3) is 4.55. The van der Waals surface area contributed by atoms with E-state index < -0.39 is 10.0 Å². The molecule has 2 N–H and O–H groups in total. The highest BCUT2D eigenvalue weighted by Gasteiger charge is 2.12. The van der Waals surface area contributed by atoms with Crippen molar-refractivity contribution in [1.29, 1.82) is 0 Å². The van der Waals surface area contributed by atoms with Crippen molar-refractivity contribution in [2.24, 2.45) is 0 Å². The Labute approximate surface area is 114 Å². The van der Waals surface area contributed by atoms with Crippen LogP contribution in [0.1, 0.15) is 36.2 Å². The van der Waals surface area contributed by atoms with Gasteiger partial charge in [-0.2, -0.15) is 0 Å². The normalized spacial score (nSPS) is 11.1. The monoisotopic (exact) mass is 284 g/mol. The lowest BCUT2D eigenvalue weighted by Gasteiger charge is -2.11. The molecule has 5 nitrogen and oxygen atoms in total. The highest BCUT2D eigenvalue weighted by Crippen LogP contribution is 2.18. The molecule has 0 saturated carbocycles. The Hall–Kier alpha value is -1.56. The van der Waals surface area contributed by atoms with E-state index in [0.717, 1.165) is 5.56 Å². The van der Waals surface area contributed by atoms with Crippen LogP contribution in [0, 0.1) is 6.92 Å². The lowest BCUT2D eigenvalue weighted by molar-refractivity contribution is 0.0956. The van der Waals surface area contributed by atoms with E-state index in [1.54, 1.807) is 25.1 Å². The molecule has 0 radical (unpaired) electrons. The second-order valence-electron chi connectivity index (χ2n) is 4.31. The van der Waals surface area contributed by atoms with Gasteiger partial charge in [0, 0.05) is 12.1 Å². The van der Waals surface area contributed by atoms with Crippen molar-refractivity contribution >= 4 is 21.6 Å². The predicted octanol–water partition coefficient (Wildman–Crippen LogP) is 1.90.